The van der Waals surface area contributed by atoms with Crippen molar-refractivity contribution in [1.82, 2.24) is 0 Å². The summed E-state index contributed by atoms with van der Waals surface area (Å²) in [5.41, 5.74) is 8.10. The minimum atomic E-state index is -0.924. The minimum absolute atomic E-state index is 0.0134. The van der Waals surface area contributed by atoms with Gasteiger partial charge in [-0.25, -0.2) is 9.59 Å². The fourth-order valence-corrected chi connectivity index (χ4v) is 3.77. The van der Waals surface area contributed by atoms with Gasteiger partial charge < -0.3 is 15.2 Å². The van der Waals surface area contributed by atoms with Gasteiger partial charge in [0, 0.05) is 5.69 Å². The van der Waals surface area contributed by atoms with Crippen LogP contribution in [0, 0.1) is 22.7 Å². The number of esters is 2. The van der Waals surface area contributed by atoms with Gasteiger partial charge in [0.2, 0.25) is 0 Å². The second-order valence-electron chi connectivity index (χ2n) is 7.28. The predicted molar refractivity (Wildman–Crippen MR) is 120 cm³/mol. The van der Waals surface area contributed by atoms with Crippen molar-refractivity contribution in [3.63, 3.8) is 0 Å². The number of allylic oxidation sites excluding steroid dienone is 1. The number of hydrogen-bond acceptors (Lipinski definition) is 8. The Hall–Kier alpha value is -4.56. The lowest BCUT2D eigenvalue weighted by atomic mass is 9.81. The summed E-state index contributed by atoms with van der Waals surface area (Å²) in [7, 11) is 2.39. The molecule has 1 aliphatic heterocycles. The van der Waals surface area contributed by atoms with Crippen LogP contribution in [0.5, 0.6) is 0 Å². The van der Waals surface area contributed by atoms with Crippen LogP contribution in [0.4, 0.5) is 5.69 Å². The zero-order valence-corrected chi connectivity index (χ0v) is 18.4. The highest BCUT2D eigenvalue weighted by molar-refractivity contribution is 6.06. The normalized spacial score (nSPS) is 16.5. The molecular weight excluding hydrogens is 420 g/mol. The van der Waals surface area contributed by atoms with Crippen molar-refractivity contribution in [2.45, 2.75) is 18.8 Å². The number of rotatable bonds is 5. The quantitative estimate of drug-likeness (QED) is 0.699. The van der Waals surface area contributed by atoms with E-state index in [-0.39, 0.29) is 28.6 Å². The van der Waals surface area contributed by atoms with E-state index in [4.69, 9.17) is 15.2 Å². The summed E-state index contributed by atoms with van der Waals surface area (Å²) in [5.74, 6) is -2.88. The average Bonchev–Trinajstić information content (AvgIpc) is 2.87. The van der Waals surface area contributed by atoms with Crippen LogP contribution in [-0.4, -0.2) is 26.2 Å². The molecule has 0 bridgehead atoms. The maximum atomic E-state index is 13.0. The van der Waals surface area contributed by atoms with E-state index in [0.717, 1.165) is 5.56 Å². The van der Waals surface area contributed by atoms with Gasteiger partial charge in [-0.1, -0.05) is 42.5 Å². The van der Waals surface area contributed by atoms with E-state index in [1.165, 1.54) is 19.1 Å². The number of benzene rings is 2. The topological polar surface area (TPSA) is 129 Å². The number of nitrogens with two attached hydrogens (primary N) is 1. The summed E-state index contributed by atoms with van der Waals surface area (Å²) in [6.45, 7) is 1.76. The molecule has 0 spiro atoms. The number of nitriles is 2. The van der Waals surface area contributed by atoms with Crippen LogP contribution in [0.1, 0.15) is 29.9 Å². The van der Waals surface area contributed by atoms with Gasteiger partial charge in [-0.2, -0.15) is 10.5 Å². The smallest absolute Gasteiger partial charge is 0.355 e. The first-order chi connectivity index (χ1) is 15.9. The van der Waals surface area contributed by atoms with Crippen LogP contribution in [0.15, 0.2) is 77.3 Å². The van der Waals surface area contributed by atoms with Gasteiger partial charge in [-0.15, -0.1) is 0 Å². The number of hydrogen-bond donors (Lipinski definition) is 1. The van der Waals surface area contributed by atoms with Gasteiger partial charge in [0.05, 0.1) is 49.3 Å². The van der Waals surface area contributed by atoms with Crippen molar-refractivity contribution in [2.75, 3.05) is 19.1 Å². The van der Waals surface area contributed by atoms with Gasteiger partial charge >= 0.3 is 11.9 Å². The van der Waals surface area contributed by atoms with E-state index in [1.54, 1.807) is 61.5 Å². The van der Waals surface area contributed by atoms with Crippen molar-refractivity contribution in [2.24, 2.45) is 5.73 Å². The molecule has 166 valence electrons. The van der Waals surface area contributed by atoms with Crippen LogP contribution in [-0.2, 0) is 19.1 Å². The number of carbonyl (C=O) groups is 2. The van der Waals surface area contributed by atoms with Gasteiger partial charge in [0.1, 0.15) is 11.5 Å². The van der Waals surface area contributed by atoms with Crippen LogP contribution < -0.4 is 10.6 Å². The number of nitrogens with zero attached hydrogens (tertiary/aromatic N) is 3. The molecule has 2 atom stereocenters. The maximum absolute atomic E-state index is 13.0. The fourth-order valence-electron chi connectivity index (χ4n) is 3.77. The van der Waals surface area contributed by atoms with Crippen LogP contribution in [0.25, 0.3) is 0 Å². The first-order valence-electron chi connectivity index (χ1n) is 10.0. The largest absolute Gasteiger partial charge is 0.466 e. The molecule has 2 unspecified atom stereocenters. The van der Waals surface area contributed by atoms with Gasteiger partial charge in [0.15, 0.2) is 0 Å². The van der Waals surface area contributed by atoms with Crippen molar-refractivity contribution < 1.29 is 19.1 Å². The van der Waals surface area contributed by atoms with Crippen LogP contribution >= 0.6 is 0 Å². The number of carbonyl (C=O) groups excluding carboxylic acids is 2. The molecule has 1 heterocycles. The molecule has 0 radical (unpaired) electrons. The Morgan fingerprint density at radius 2 is 1.61 bits per heavy atom. The Balaban J connectivity index is 2.34. The molecular formula is C25H22N4O4. The Labute approximate surface area is 191 Å². The first-order valence-corrected chi connectivity index (χ1v) is 10.0. The molecule has 33 heavy (non-hydrogen) atoms. The summed E-state index contributed by atoms with van der Waals surface area (Å²) in [5, 5.41) is 19.2. The highest BCUT2D eigenvalue weighted by Gasteiger charge is 2.42. The first kappa shape index (κ1) is 23.1. The fraction of sp³-hybridized carbons (Fsp3) is 0.200. The Kier molecular flexibility index (Phi) is 6.80. The molecule has 0 aliphatic carbocycles. The third-order valence-electron chi connectivity index (χ3n) is 5.46. The number of methoxy groups -OCH3 is 2. The number of anilines is 1. The Morgan fingerprint density at radius 3 is 2.12 bits per heavy atom. The molecule has 8 nitrogen and oxygen atoms in total. The molecule has 2 aromatic rings. The minimum Gasteiger partial charge on any atom is -0.466 e. The third kappa shape index (κ3) is 4.15. The SMILES string of the molecule is COC(=O)C1=C(C(=O)OC)N(c2ccc(C(C)C#N)cc2)C(N)=C(C#N)C1c1ccccc1. The van der Waals surface area contributed by atoms with Gasteiger partial charge in [-0.3, -0.25) is 4.90 Å². The van der Waals surface area contributed by atoms with Gasteiger partial charge in [0.25, 0.3) is 0 Å². The summed E-state index contributed by atoms with van der Waals surface area (Å²) in [6.07, 6.45) is 0. The number of ether oxygens (including phenoxy) is 2. The van der Waals surface area contributed by atoms with Crippen LogP contribution in [0.3, 0.4) is 0 Å². The molecule has 1 aliphatic rings. The second kappa shape index (κ2) is 9.71. The van der Waals surface area contributed by atoms with Crippen molar-refractivity contribution in [1.29, 1.82) is 10.5 Å². The highest BCUT2D eigenvalue weighted by Crippen LogP contribution is 2.43. The average molecular weight is 442 g/mol. The summed E-state index contributed by atoms with van der Waals surface area (Å²) in [4.78, 5) is 27.3. The van der Waals surface area contributed by atoms with E-state index >= 15 is 0 Å². The van der Waals surface area contributed by atoms with E-state index < -0.39 is 17.9 Å². The molecule has 0 saturated heterocycles. The van der Waals surface area contributed by atoms with Crippen molar-refractivity contribution >= 4 is 17.6 Å². The molecule has 8 heteroatoms. The molecule has 2 aromatic carbocycles. The lowest BCUT2D eigenvalue weighted by molar-refractivity contribution is -0.139. The Bertz CT molecular complexity index is 1220. The second-order valence-corrected chi connectivity index (χ2v) is 7.28. The summed E-state index contributed by atoms with van der Waals surface area (Å²) < 4.78 is 10.0. The van der Waals surface area contributed by atoms with E-state index in [0.29, 0.717) is 11.3 Å². The molecule has 0 amide bonds. The summed E-state index contributed by atoms with van der Waals surface area (Å²) >= 11 is 0. The van der Waals surface area contributed by atoms with Crippen molar-refractivity contribution in [3.05, 3.63) is 88.4 Å². The van der Waals surface area contributed by atoms with E-state index in [9.17, 15) is 20.1 Å². The van der Waals surface area contributed by atoms with Crippen molar-refractivity contribution in [3.8, 4) is 12.1 Å². The lowest BCUT2D eigenvalue weighted by Crippen LogP contribution is -2.40. The molecule has 3 rings (SSSR count). The molecule has 0 fully saturated rings. The predicted octanol–water partition coefficient (Wildman–Crippen LogP) is 3.21. The Morgan fingerprint density at radius 1 is 1.00 bits per heavy atom. The molecule has 2 N–H and O–H groups in total. The monoisotopic (exact) mass is 442 g/mol. The lowest BCUT2D eigenvalue weighted by Gasteiger charge is -2.36. The zero-order valence-electron chi connectivity index (χ0n) is 18.4. The molecule has 0 saturated carbocycles. The van der Waals surface area contributed by atoms with E-state index in [2.05, 4.69) is 12.1 Å². The van der Waals surface area contributed by atoms with Gasteiger partial charge in [-0.05, 0) is 30.2 Å². The third-order valence-corrected chi connectivity index (χ3v) is 5.46. The van der Waals surface area contributed by atoms with Crippen LogP contribution in [0.2, 0.25) is 0 Å². The zero-order chi connectivity index (χ0) is 24.1. The molecule has 0 aromatic heterocycles. The maximum Gasteiger partial charge on any atom is 0.355 e. The summed E-state index contributed by atoms with van der Waals surface area (Å²) in [6, 6.07) is 19.8. The van der Waals surface area contributed by atoms with E-state index in [1.807, 2.05) is 0 Å². The highest BCUT2D eigenvalue weighted by atomic mass is 16.5. The standard InChI is InChI=1S/C25H22N4O4/c1-15(13-26)16-9-11-18(12-10-16)29-22(25(31)33-3)21(24(30)32-2)20(19(14-27)23(29)28)17-7-5-4-6-8-17/h4-12,15,20H,28H2,1-3H3.